The third kappa shape index (κ3) is 5.24. The van der Waals surface area contributed by atoms with Crippen LogP contribution < -0.4 is 10.2 Å². The number of carbonyl (C=O) groups excluding carboxylic acids is 3. The normalized spacial score (nSPS) is 13.4. The highest BCUT2D eigenvalue weighted by atomic mass is 32.1. The lowest BCUT2D eigenvalue weighted by Gasteiger charge is -2.18. The zero-order chi connectivity index (χ0) is 25.9. The molecule has 2 aromatic carbocycles. The SMILES string of the molecule is Cc1nc(C(=O)Nc2nc3cc(N(C)C(=O)c4ccccc4)ccc3n2CCCN2CCCC2=O)cs1. The Kier molecular flexibility index (Phi) is 7.00. The monoisotopic (exact) mass is 516 g/mol. The van der Waals surface area contributed by atoms with Gasteiger partial charge >= 0.3 is 0 Å². The molecule has 0 unspecified atom stereocenters. The van der Waals surface area contributed by atoms with Crippen LogP contribution in [-0.2, 0) is 11.3 Å². The Hall–Kier alpha value is -4.05. The smallest absolute Gasteiger partial charge is 0.277 e. The number of hydrogen-bond donors (Lipinski definition) is 1. The maximum atomic E-state index is 13.0. The first kappa shape index (κ1) is 24.6. The van der Waals surface area contributed by atoms with E-state index in [-0.39, 0.29) is 17.7 Å². The second-order valence-electron chi connectivity index (χ2n) is 9.03. The molecule has 3 amide bonds. The standard InChI is InChI=1S/C27H28N6O3S/c1-18-28-22(17-37-18)25(35)30-27-29-21-16-20(31(2)26(36)19-8-4-3-5-9-19)11-12-23(21)33(27)15-7-14-32-13-6-10-24(32)34/h3-5,8-9,11-12,16-17H,6-7,10,13-15H2,1-2H3,(H,29,30,35). The van der Waals surface area contributed by atoms with E-state index in [4.69, 9.17) is 4.98 Å². The largest absolute Gasteiger partial charge is 0.343 e. The average molecular weight is 517 g/mol. The predicted molar refractivity (Wildman–Crippen MR) is 144 cm³/mol. The summed E-state index contributed by atoms with van der Waals surface area (Å²) in [4.78, 5) is 50.3. The van der Waals surface area contributed by atoms with Gasteiger partial charge in [-0.05, 0) is 50.1 Å². The van der Waals surface area contributed by atoms with Crippen molar-refractivity contribution in [2.75, 3.05) is 30.4 Å². The van der Waals surface area contributed by atoms with E-state index in [0.29, 0.717) is 47.9 Å². The van der Waals surface area contributed by atoms with Crippen LogP contribution in [-0.4, -0.2) is 57.3 Å². The number of fused-ring (bicyclic) bond motifs is 1. The Bertz CT molecular complexity index is 1460. The van der Waals surface area contributed by atoms with Crippen molar-refractivity contribution in [3.63, 3.8) is 0 Å². The molecule has 0 radical (unpaired) electrons. The molecule has 0 bridgehead atoms. The fraction of sp³-hybridized carbons (Fsp3) is 0.296. The third-order valence-electron chi connectivity index (χ3n) is 6.50. The molecule has 1 N–H and O–H groups in total. The fourth-order valence-electron chi connectivity index (χ4n) is 4.53. The van der Waals surface area contributed by atoms with E-state index < -0.39 is 0 Å². The molecular weight excluding hydrogens is 488 g/mol. The van der Waals surface area contributed by atoms with Gasteiger partial charge < -0.3 is 14.4 Å². The van der Waals surface area contributed by atoms with Gasteiger partial charge in [-0.3, -0.25) is 19.7 Å². The number of nitrogens with one attached hydrogen (secondary N) is 1. The van der Waals surface area contributed by atoms with Crippen LogP contribution in [0.3, 0.4) is 0 Å². The molecule has 1 saturated heterocycles. The molecule has 37 heavy (non-hydrogen) atoms. The molecule has 9 nitrogen and oxygen atoms in total. The van der Waals surface area contributed by atoms with Crippen LogP contribution in [0.5, 0.6) is 0 Å². The zero-order valence-electron chi connectivity index (χ0n) is 20.8. The Morgan fingerprint density at radius 3 is 2.62 bits per heavy atom. The minimum atomic E-state index is -0.327. The van der Waals surface area contributed by atoms with Crippen LogP contribution in [0.15, 0.2) is 53.9 Å². The van der Waals surface area contributed by atoms with Crippen LogP contribution in [0.4, 0.5) is 11.6 Å². The molecule has 1 fully saturated rings. The van der Waals surface area contributed by atoms with Crippen molar-refractivity contribution in [1.82, 2.24) is 19.4 Å². The van der Waals surface area contributed by atoms with E-state index in [2.05, 4.69) is 10.3 Å². The molecule has 5 rings (SSSR count). The molecular formula is C27H28N6O3S. The number of hydrogen-bond acceptors (Lipinski definition) is 6. The lowest BCUT2D eigenvalue weighted by Crippen LogP contribution is -2.26. The Morgan fingerprint density at radius 1 is 1.11 bits per heavy atom. The topological polar surface area (TPSA) is 100 Å². The van der Waals surface area contributed by atoms with Crippen LogP contribution in [0.2, 0.25) is 0 Å². The number of thiazole rings is 1. The maximum absolute atomic E-state index is 13.0. The molecule has 0 atom stereocenters. The summed E-state index contributed by atoms with van der Waals surface area (Å²) >= 11 is 1.41. The van der Waals surface area contributed by atoms with Crippen molar-refractivity contribution in [2.24, 2.45) is 0 Å². The van der Waals surface area contributed by atoms with Crippen molar-refractivity contribution in [3.05, 3.63) is 70.2 Å². The first-order valence-corrected chi connectivity index (χ1v) is 13.1. The van der Waals surface area contributed by atoms with Crippen molar-refractivity contribution in [1.29, 1.82) is 0 Å². The lowest BCUT2D eigenvalue weighted by atomic mass is 10.2. The average Bonchev–Trinajstić information content (AvgIpc) is 3.62. The van der Waals surface area contributed by atoms with Crippen molar-refractivity contribution in [3.8, 4) is 0 Å². The number of imidazole rings is 1. The molecule has 4 aromatic rings. The highest BCUT2D eigenvalue weighted by molar-refractivity contribution is 7.09. The van der Waals surface area contributed by atoms with Gasteiger partial charge in [0, 0.05) is 49.7 Å². The highest BCUT2D eigenvalue weighted by Crippen LogP contribution is 2.27. The van der Waals surface area contributed by atoms with Crippen molar-refractivity contribution >= 4 is 51.7 Å². The van der Waals surface area contributed by atoms with Gasteiger partial charge in [0.1, 0.15) is 5.69 Å². The molecule has 0 spiro atoms. The van der Waals surface area contributed by atoms with Crippen LogP contribution >= 0.6 is 11.3 Å². The van der Waals surface area contributed by atoms with Gasteiger partial charge in [-0.1, -0.05) is 18.2 Å². The maximum Gasteiger partial charge on any atom is 0.277 e. The number of carbonyl (C=O) groups is 3. The molecule has 1 aliphatic rings. The number of aryl methyl sites for hydroxylation is 2. The lowest BCUT2D eigenvalue weighted by molar-refractivity contribution is -0.127. The molecule has 1 aliphatic heterocycles. The second kappa shape index (κ2) is 10.5. The van der Waals surface area contributed by atoms with Crippen molar-refractivity contribution in [2.45, 2.75) is 32.7 Å². The summed E-state index contributed by atoms with van der Waals surface area (Å²) in [5.74, 6) is 0.153. The molecule has 0 saturated carbocycles. The molecule has 2 aromatic heterocycles. The Balaban J connectivity index is 1.43. The molecule has 190 valence electrons. The first-order chi connectivity index (χ1) is 17.9. The van der Waals surface area contributed by atoms with E-state index in [1.165, 1.54) is 11.3 Å². The molecule has 3 heterocycles. The number of nitrogens with zero attached hydrogens (tertiary/aromatic N) is 5. The Labute approximate surface area is 218 Å². The van der Waals surface area contributed by atoms with Gasteiger partial charge in [-0.15, -0.1) is 11.3 Å². The number of likely N-dealkylation sites (tertiary alicyclic amines) is 1. The summed E-state index contributed by atoms with van der Waals surface area (Å²) in [6, 6.07) is 14.7. The van der Waals surface area contributed by atoms with Gasteiger partial charge in [-0.2, -0.15) is 0 Å². The van der Waals surface area contributed by atoms with Crippen LogP contribution in [0.25, 0.3) is 11.0 Å². The van der Waals surface area contributed by atoms with Gasteiger partial charge in [0.15, 0.2) is 0 Å². The first-order valence-electron chi connectivity index (χ1n) is 12.3. The third-order valence-corrected chi connectivity index (χ3v) is 7.28. The van der Waals surface area contributed by atoms with Gasteiger partial charge in [0.25, 0.3) is 11.8 Å². The minimum Gasteiger partial charge on any atom is -0.343 e. The van der Waals surface area contributed by atoms with E-state index in [1.807, 2.05) is 52.8 Å². The molecule has 10 heteroatoms. The van der Waals surface area contributed by atoms with E-state index in [9.17, 15) is 14.4 Å². The Morgan fingerprint density at radius 2 is 1.92 bits per heavy atom. The van der Waals surface area contributed by atoms with E-state index in [0.717, 1.165) is 29.9 Å². The van der Waals surface area contributed by atoms with Gasteiger partial charge in [0.05, 0.1) is 16.0 Å². The number of anilines is 2. The quantitative estimate of drug-likeness (QED) is 0.375. The number of benzene rings is 2. The predicted octanol–water partition coefficient (Wildman–Crippen LogP) is 4.34. The van der Waals surface area contributed by atoms with Crippen LogP contribution in [0, 0.1) is 6.92 Å². The zero-order valence-corrected chi connectivity index (χ0v) is 21.6. The number of aromatic nitrogens is 3. The number of rotatable bonds is 8. The summed E-state index contributed by atoms with van der Waals surface area (Å²) in [5, 5.41) is 5.44. The highest BCUT2D eigenvalue weighted by Gasteiger charge is 2.21. The second-order valence-corrected chi connectivity index (χ2v) is 10.1. The summed E-state index contributed by atoms with van der Waals surface area (Å²) in [6.07, 6.45) is 2.24. The summed E-state index contributed by atoms with van der Waals surface area (Å²) < 4.78 is 1.95. The van der Waals surface area contributed by atoms with Crippen molar-refractivity contribution < 1.29 is 14.4 Å². The minimum absolute atomic E-state index is 0.123. The van der Waals surface area contributed by atoms with E-state index >= 15 is 0 Å². The number of amides is 3. The van der Waals surface area contributed by atoms with Gasteiger partial charge in [-0.25, -0.2) is 9.97 Å². The fourth-order valence-corrected chi connectivity index (χ4v) is 5.13. The molecule has 0 aliphatic carbocycles. The summed E-state index contributed by atoms with van der Waals surface area (Å²) in [6.45, 7) is 3.88. The summed E-state index contributed by atoms with van der Waals surface area (Å²) in [5.41, 5.74) is 3.13. The van der Waals surface area contributed by atoms with Crippen LogP contribution in [0.1, 0.15) is 45.1 Å². The van der Waals surface area contributed by atoms with Gasteiger partial charge in [0.2, 0.25) is 11.9 Å². The van der Waals surface area contributed by atoms with E-state index in [1.54, 1.807) is 29.5 Å². The summed E-state index contributed by atoms with van der Waals surface area (Å²) in [7, 11) is 1.73.